The first-order valence-corrected chi connectivity index (χ1v) is 6.39. The highest BCUT2D eigenvalue weighted by Gasteiger charge is 2.24. The number of carbonyl (C=O) groups is 1. The summed E-state index contributed by atoms with van der Waals surface area (Å²) >= 11 is 0. The molecular formula is C14H19FN2O. The number of hydrogen-bond donors (Lipinski definition) is 2. The summed E-state index contributed by atoms with van der Waals surface area (Å²) in [6.07, 6.45) is 2.99. The van der Waals surface area contributed by atoms with Crippen molar-refractivity contribution in [2.75, 3.05) is 5.32 Å². The molecule has 4 heteroatoms. The van der Waals surface area contributed by atoms with Gasteiger partial charge in [-0.25, -0.2) is 4.39 Å². The van der Waals surface area contributed by atoms with Crippen molar-refractivity contribution in [3.8, 4) is 0 Å². The lowest BCUT2D eigenvalue weighted by molar-refractivity contribution is -0.118. The lowest BCUT2D eigenvalue weighted by atomic mass is 9.99. The van der Waals surface area contributed by atoms with Crippen LogP contribution in [0.2, 0.25) is 0 Å². The molecule has 2 N–H and O–H groups in total. The minimum atomic E-state index is -0.294. The molecule has 2 atom stereocenters. The molecule has 1 aliphatic heterocycles. The van der Waals surface area contributed by atoms with E-state index in [-0.39, 0.29) is 17.8 Å². The zero-order valence-electron chi connectivity index (χ0n) is 10.8. The van der Waals surface area contributed by atoms with Gasteiger partial charge in [-0.15, -0.1) is 0 Å². The number of benzene rings is 1. The smallest absolute Gasteiger partial charge is 0.241 e. The first-order chi connectivity index (χ1) is 8.56. The average Bonchev–Trinajstić information content (AvgIpc) is 2.34. The van der Waals surface area contributed by atoms with E-state index in [9.17, 15) is 9.18 Å². The Hall–Kier alpha value is -1.42. The molecule has 2 unspecified atom stereocenters. The largest absolute Gasteiger partial charge is 0.325 e. The SMILES string of the molecule is Cc1ccc(NC(=O)C2CCCC(C)N2)cc1F. The van der Waals surface area contributed by atoms with Gasteiger partial charge in [-0.3, -0.25) is 4.79 Å². The van der Waals surface area contributed by atoms with E-state index in [1.807, 2.05) is 0 Å². The standard InChI is InChI=1S/C14H19FN2O/c1-9-6-7-11(8-12(9)15)17-14(18)13-5-3-4-10(2)16-13/h6-8,10,13,16H,3-5H2,1-2H3,(H,17,18). The van der Waals surface area contributed by atoms with Crippen LogP contribution in [0.3, 0.4) is 0 Å². The van der Waals surface area contributed by atoms with E-state index in [2.05, 4.69) is 17.6 Å². The van der Waals surface area contributed by atoms with E-state index in [1.165, 1.54) is 6.07 Å². The molecule has 3 nitrogen and oxygen atoms in total. The van der Waals surface area contributed by atoms with Gasteiger partial charge in [-0.1, -0.05) is 6.07 Å². The van der Waals surface area contributed by atoms with Gasteiger partial charge in [0.25, 0.3) is 0 Å². The Bertz CT molecular complexity index is 447. The third kappa shape index (κ3) is 3.07. The quantitative estimate of drug-likeness (QED) is 0.847. The van der Waals surface area contributed by atoms with Crippen LogP contribution in [0.5, 0.6) is 0 Å². The Kier molecular flexibility index (Phi) is 3.97. The third-order valence-electron chi connectivity index (χ3n) is 3.37. The van der Waals surface area contributed by atoms with Crippen LogP contribution in [0.15, 0.2) is 18.2 Å². The first kappa shape index (κ1) is 13.0. The second-order valence-electron chi connectivity index (χ2n) is 5.00. The molecular weight excluding hydrogens is 231 g/mol. The summed E-state index contributed by atoms with van der Waals surface area (Å²) in [6.45, 7) is 3.77. The molecule has 1 saturated heterocycles. The number of rotatable bonds is 2. The van der Waals surface area contributed by atoms with E-state index in [1.54, 1.807) is 19.1 Å². The highest BCUT2D eigenvalue weighted by molar-refractivity contribution is 5.94. The van der Waals surface area contributed by atoms with Crippen molar-refractivity contribution in [2.24, 2.45) is 0 Å². The molecule has 1 heterocycles. The van der Waals surface area contributed by atoms with Crippen molar-refractivity contribution in [2.45, 2.75) is 45.2 Å². The van der Waals surface area contributed by atoms with Crippen molar-refractivity contribution in [1.82, 2.24) is 5.32 Å². The van der Waals surface area contributed by atoms with E-state index >= 15 is 0 Å². The number of anilines is 1. The number of halogens is 1. The summed E-state index contributed by atoms with van der Waals surface area (Å²) in [5.74, 6) is -0.373. The summed E-state index contributed by atoms with van der Waals surface area (Å²) in [4.78, 5) is 12.0. The second kappa shape index (κ2) is 5.48. The average molecular weight is 250 g/mol. The molecule has 1 aliphatic rings. The Morgan fingerprint density at radius 2 is 2.22 bits per heavy atom. The van der Waals surface area contributed by atoms with Crippen LogP contribution in [-0.4, -0.2) is 18.0 Å². The lowest BCUT2D eigenvalue weighted by Gasteiger charge is -2.27. The molecule has 18 heavy (non-hydrogen) atoms. The normalized spacial score (nSPS) is 23.7. The van der Waals surface area contributed by atoms with Crippen LogP contribution in [0.25, 0.3) is 0 Å². The highest BCUT2D eigenvalue weighted by atomic mass is 19.1. The summed E-state index contributed by atoms with van der Waals surface area (Å²) < 4.78 is 13.4. The van der Waals surface area contributed by atoms with Gasteiger partial charge >= 0.3 is 0 Å². The summed E-state index contributed by atoms with van der Waals surface area (Å²) in [5, 5.41) is 6.02. The summed E-state index contributed by atoms with van der Waals surface area (Å²) in [7, 11) is 0. The molecule has 0 bridgehead atoms. The van der Waals surface area contributed by atoms with Crippen LogP contribution in [0, 0.1) is 12.7 Å². The predicted octanol–water partition coefficient (Wildman–Crippen LogP) is 2.60. The van der Waals surface area contributed by atoms with E-state index < -0.39 is 0 Å². The zero-order valence-corrected chi connectivity index (χ0v) is 10.8. The van der Waals surface area contributed by atoms with Gasteiger partial charge < -0.3 is 10.6 Å². The predicted molar refractivity (Wildman–Crippen MR) is 70.0 cm³/mol. The maximum Gasteiger partial charge on any atom is 0.241 e. The fourth-order valence-electron chi connectivity index (χ4n) is 2.25. The van der Waals surface area contributed by atoms with Crippen molar-refractivity contribution >= 4 is 11.6 Å². The zero-order chi connectivity index (χ0) is 13.1. The van der Waals surface area contributed by atoms with Crippen LogP contribution in [-0.2, 0) is 4.79 Å². The first-order valence-electron chi connectivity index (χ1n) is 6.39. The van der Waals surface area contributed by atoms with Gasteiger partial charge in [0.1, 0.15) is 5.82 Å². The number of carbonyl (C=O) groups excluding carboxylic acids is 1. The molecule has 0 aromatic heterocycles. The topological polar surface area (TPSA) is 41.1 Å². The molecule has 0 aliphatic carbocycles. The Labute approximate surface area is 107 Å². The van der Waals surface area contributed by atoms with Crippen LogP contribution in [0.4, 0.5) is 10.1 Å². The van der Waals surface area contributed by atoms with E-state index in [0.29, 0.717) is 17.3 Å². The van der Waals surface area contributed by atoms with Gasteiger partial charge in [0.2, 0.25) is 5.91 Å². The maximum atomic E-state index is 13.4. The van der Waals surface area contributed by atoms with E-state index in [0.717, 1.165) is 19.3 Å². The Morgan fingerprint density at radius 1 is 1.44 bits per heavy atom. The van der Waals surface area contributed by atoms with Gasteiger partial charge in [0.05, 0.1) is 6.04 Å². The summed E-state index contributed by atoms with van der Waals surface area (Å²) in [6, 6.07) is 4.95. The monoisotopic (exact) mass is 250 g/mol. The molecule has 98 valence electrons. The van der Waals surface area contributed by atoms with Gasteiger partial charge in [0.15, 0.2) is 0 Å². The molecule has 0 spiro atoms. The van der Waals surface area contributed by atoms with Crippen molar-refractivity contribution in [1.29, 1.82) is 0 Å². The van der Waals surface area contributed by atoms with Crippen molar-refractivity contribution < 1.29 is 9.18 Å². The third-order valence-corrected chi connectivity index (χ3v) is 3.37. The molecule has 1 fully saturated rings. The van der Waals surface area contributed by atoms with Gasteiger partial charge in [-0.2, -0.15) is 0 Å². The lowest BCUT2D eigenvalue weighted by Crippen LogP contribution is -2.47. The van der Waals surface area contributed by atoms with Crippen molar-refractivity contribution in [3.63, 3.8) is 0 Å². The van der Waals surface area contributed by atoms with E-state index in [4.69, 9.17) is 0 Å². The molecule has 1 amide bonds. The summed E-state index contributed by atoms with van der Waals surface area (Å²) in [5.41, 5.74) is 1.10. The van der Waals surface area contributed by atoms with Crippen LogP contribution >= 0.6 is 0 Å². The number of aryl methyl sites for hydroxylation is 1. The Morgan fingerprint density at radius 3 is 2.89 bits per heavy atom. The number of nitrogens with one attached hydrogen (secondary N) is 2. The van der Waals surface area contributed by atoms with Gasteiger partial charge in [-0.05, 0) is 50.8 Å². The van der Waals surface area contributed by atoms with Crippen LogP contribution < -0.4 is 10.6 Å². The Balaban J connectivity index is 2.00. The maximum absolute atomic E-state index is 13.4. The molecule has 1 aromatic carbocycles. The van der Waals surface area contributed by atoms with Crippen molar-refractivity contribution in [3.05, 3.63) is 29.6 Å². The second-order valence-corrected chi connectivity index (χ2v) is 5.00. The minimum absolute atomic E-state index is 0.0789. The number of hydrogen-bond acceptors (Lipinski definition) is 2. The number of piperidine rings is 1. The molecule has 0 radical (unpaired) electrons. The molecule has 0 saturated carbocycles. The number of amides is 1. The molecule has 2 rings (SSSR count). The highest BCUT2D eigenvalue weighted by Crippen LogP contribution is 2.16. The fourth-order valence-corrected chi connectivity index (χ4v) is 2.25. The molecule has 1 aromatic rings. The van der Waals surface area contributed by atoms with Gasteiger partial charge in [0, 0.05) is 11.7 Å². The van der Waals surface area contributed by atoms with Crippen LogP contribution in [0.1, 0.15) is 31.7 Å². The fraction of sp³-hybridized carbons (Fsp3) is 0.500. The minimum Gasteiger partial charge on any atom is -0.325 e.